The van der Waals surface area contributed by atoms with Crippen molar-refractivity contribution in [2.24, 2.45) is 0 Å². The second-order valence-electron chi connectivity index (χ2n) is 5.95. The number of hydrogen-bond acceptors (Lipinski definition) is 5. The van der Waals surface area contributed by atoms with Gasteiger partial charge in [0.1, 0.15) is 0 Å². The Morgan fingerprint density at radius 3 is 2.30 bits per heavy atom. The number of methoxy groups -OCH3 is 2. The molecule has 1 N–H and O–H groups in total. The van der Waals surface area contributed by atoms with Gasteiger partial charge in [0, 0.05) is 12.1 Å². The zero-order valence-corrected chi connectivity index (χ0v) is 15.9. The lowest BCUT2D eigenvalue weighted by Crippen LogP contribution is -2.12. The first kappa shape index (κ1) is 20.3. The van der Waals surface area contributed by atoms with E-state index in [9.17, 15) is 9.59 Å². The molecule has 0 saturated heterocycles. The molecule has 27 heavy (non-hydrogen) atoms. The van der Waals surface area contributed by atoms with E-state index in [1.165, 1.54) is 0 Å². The number of benzene rings is 2. The van der Waals surface area contributed by atoms with Crippen LogP contribution in [0, 0.1) is 0 Å². The highest BCUT2D eigenvalue weighted by atomic mass is 16.5. The number of rotatable bonds is 9. The SMILES string of the molecule is CCCOC(=O)c1ccc(NC(=O)CCc2ccc(OC)c(OC)c2)cc1. The van der Waals surface area contributed by atoms with Crippen molar-refractivity contribution in [1.29, 1.82) is 0 Å². The van der Waals surface area contributed by atoms with E-state index >= 15 is 0 Å². The molecule has 1 amide bonds. The average molecular weight is 371 g/mol. The van der Waals surface area contributed by atoms with Crippen molar-refractivity contribution in [1.82, 2.24) is 0 Å². The summed E-state index contributed by atoms with van der Waals surface area (Å²) in [7, 11) is 3.16. The molecule has 6 nitrogen and oxygen atoms in total. The van der Waals surface area contributed by atoms with Gasteiger partial charge in [-0.3, -0.25) is 4.79 Å². The van der Waals surface area contributed by atoms with Crippen LogP contribution in [0.2, 0.25) is 0 Å². The van der Waals surface area contributed by atoms with Crippen LogP contribution in [0.1, 0.15) is 35.7 Å². The summed E-state index contributed by atoms with van der Waals surface area (Å²) < 4.78 is 15.6. The fourth-order valence-corrected chi connectivity index (χ4v) is 2.49. The molecule has 0 saturated carbocycles. The molecule has 2 rings (SSSR count). The van der Waals surface area contributed by atoms with E-state index in [0.29, 0.717) is 42.2 Å². The molecule has 0 spiro atoms. The molecule has 0 bridgehead atoms. The number of anilines is 1. The molecule has 144 valence electrons. The molecule has 2 aromatic rings. The van der Waals surface area contributed by atoms with Gasteiger partial charge in [-0.05, 0) is 54.8 Å². The molecular formula is C21H25NO5. The number of nitrogens with one attached hydrogen (secondary N) is 1. The number of carbonyl (C=O) groups is 2. The first-order valence-electron chi connectivity index (χ1n) is 8.85. The zero-order valence-electron chi connectivity index (χ0n) is 15.9. The number of amides is 1. The summed E-state index contributed by atoms with van der Waals surface area (Å²) in [6.07, 6.45) is 1.68. The largest absolute Gasteiger partial charge is 0.493 e. The molecule has 0 radical (unpaired) electrons. The smallest absolute Gasteiger partial charge is 0.338 e. The minimum atomic E-state index is -0.358. The standard InChI is InChI=1S/C21H25NO5/c1-4-13-27-21(24)16-7-9-17(10-8-16)22-20(23)12-6-15-5-11-18(25-2)19(14-15)26-3/h5,7-11,14H,4,6,12-13H2,1-3H3,(H,22,23). The van der Waals surface area contributed by atoms with Gasteiger partial charge in [0.05, 0.1) is 26.4 Å². The molecule has 0 heterocycles. The molecule has 0 atom stereocenters. The third-order valence-corrected chi connectivity index (χ3v) is 3.93. The molecule has 2 aromatic carbocycles. The van der Waals surface area contributed by atoms with Crippen molar-refractivity contribution < 1.29 is 23.8 Å². The molecule has 6 heteroatoms. The minimum Gasteiger partial charge on any atom is -0.493 e. The summed E-state index contributed by atoms with van der Waals surface area (Å²) in [4.78, 5) is 23.9. The van der Waals surface area contributed by atoms with E-state index in [4.69, 9.17) is 14.2 Å². The van der Waals surface area contributed by atoms with Crippen LogP contribution < -0.4 is 14.8 Å². The predicted molar refractivity (Wildman–Crippen MR) is 104 cm³/mol. The Bertz CT molecular complexity index is 771. The molecule has 0 unspecified atom stereocenters. The van der Waals surface area contributed by atoms with Crippen LogP contribution in [0.3, 0.4) is 0 Å². The van der Waals surface area contributed by atoms with Crippen molar-refractivity contribution in [3.05, 3.63) is 53.6 Å². The first-order valence-corrected chi connectivity index (χ1v) is 8.85. The zero-order chi connectivity index (χ0) is 19.6. The maximum atomic E-state index is 12.2. The lowest BCUT2D eigenvalue weighted by atomic mass is 10.1. The Kier molecular flexibility index (Phi) is 7.67. The molecule has 0 aromatic heterocycles. The third-order valence-electron chi connectivity index (χ3n) is 3.93. The van der Waals surface area contributed by atoms with E-state index in [-0.39, 0.29) is 11.9 Å². The van der Waals surface area contributed by atoms with Gasteiger partial charge in [-0.1, -0.05) is 13.0 Å². The number of hydrogen-bond donors (Lipinski definition) is 1. The van der Waals surface area contributed by atoms with Gasteiger partial charge in [0.15, 0.2) is 11.5 Å². The number of ether oxygens (including phenoxy) is 3. The quantitative estimate of drug-likeness (QED) is 0.678. The van der Waals surface area contributed by atoms with Crippen molar-refractivity contribution in [2.75, 3.05) is 26.1 Å². The maximum absolute atomic E-state index is 12.2. The Morgan fingerprint density at radius 1 is 0.963 bits per heavy atom. The Labute approximate surface area is 159 Å². The van der Waals surface area contributed by atoms with Crippen LogP contribution in [-0.2, 0) is 16.0 Å². The summed E-state index contributed by atoms with van der Waals surface area (Å²) >= 11 is 0. The van der Waals surface area contributed by atoms with Crippen molar-refractivity contribution in [3.63, 3.8) is 0 Å². The van der Waals surface area contributed by atoms with Gasteiger partial charge in [-0.25, -0.2) is 4.79 Å². The summed E-state index contributed by atoms with van der Waals surface area (Å²) in [5.74, 6) is 0.832. The van der Waals surface area contributed by atoms with Crippen molar-refractivity contribution in [2.45, 2.75) is 26.2 Å². The minimum absolute atomic E-state index is 0.105. The van der Waals surface area contributed by atoms with Crippen LogP contribution in [-0.4, -0.2) is 32.7 Å². The molecule has 0 aliphatic carbocycles. The van der Waals surface area contributed by atoms with Gasteiger partial charge >= 0.3 is 5.97 Å². The van der Waals surface area contributed by atoms with Gasteiger partial charge < -0.3 is 19.5 Å². The highest BCUT2D eigenvalue weighted by molar-refractivity contribution is 5.93. The highest BCUT2D eigenvalue weighted by Crippen LogP contribution is 2.28. The fourth-order valence-electron chi connectivity index (χ4n) is 2.49. The summed E-state index contributed by atoms with van der Waals surface area (Å²) in [6, 6.07) is 12.3. The molecule has 0 fully saturated rings. The van der Waals surface area contributed by atoms with Crippen LogP contribution >= 0.6 is 0 Å². The number of carbonyl (C=O) groups excluding carboxylic acids is 2. The molecule has 0 aliphatic heterocycles. The predicted octanol–water partition coefficient (Wildman–Crippen LogP) is 3.84. The second-order valence-corrected chi connectivity index (χ2v) is 5.95. The van der Waals surface area contributed by atoms with Gasteiger partial charge in [-0.2, -0.15) is 0 Å². The maximum Gasteiger partial charge on any atom is 0.338 e. The Balaban J connectivity index is 1.87. The summed E-state index contributed by atoms with van der Waals surface area (Å²) in [5, 5.41) is 2.83. The van der Waals surface area contributed by atoms with Gasteiger partial charge in [0.25, 0.3) is 0 Å². The molecule has 0 aliphatic rings. The van der Waals surface area contributed by atoms with Crippen LogP contribution in [0.5, 0.6) is 11.5 Å². The van der Waals surface area contributed by atoms with E-state index in [0.717, 1.165) is 12.0 Å². The Hall–Kier alpha value is -3.02. The summed E-state index contributed by atoms with van der Waals surface area (Å²) in [6.45, 7) is 2.33. The van der Waals surface area contributed by atoms with E-state index in [1.807, 2.05) is 25.1 Å². The third kappa shape index (κ3) is 6.02. The van der Waals surface area contributed by atoms with E-state index in [1.54, 1.807) is 38.5 Å². The lowest BCUT2D eigenvalue weighted by molar-refractivity contribution is -0.116. The van der Waals surface area contributed by atoms with E-state index < -0.39 is 0 Å². The lowest BCUT2D eigenvalue weighted by Gasteiger charge is -2.10. The van der Waals surface area contributed by atoms with Gasteiger partial charge in [-0.15, -0.1) is 0 Å². The number of aryl methyl sites for hydroxylation is 1. The molecular weight excluding hydrogens is 346 g/mol. The second kappa shape index (κ2) is 10.2. The number of esters is 1. The van der Waals surface area contributed by atoms with Gasteiger partial charge in [0.2, 0.25) is 5.91 Å². The van der Waals surface area contributed by atoms with Crippen LogP contribution in [0.15, 0.2) is 42.5 Å². The highest BCUT2D eigenvalue weighted by Gasteiger charge is 2.09. The normalized spacial score (nSPS) is 10.2. The van der Waals surface area contributed by atoms with Crippen molar-refractivity contribution >= 4 is 17.6 Å². The van der Waals surface area contributed by atoms with E-state index in [2.05, 4.69) is 5.32 Å². The van der Waals surface area contributed by atoms with Crippen molar-refractivity contribution in [3.8, 4) is 11.5 Å². The summed E-state index contributed by atoms with van der Waals surface area (Å²) in [5.41, 5.74) is 2.09. The van der Waals surface area contributed by atoms with Crippen LogP contribution in [0.25, 0.3) is 0 Å². The Morgan fingerprint density at radius 2 is 1.67 bits per heavy atom. The van der Waals surface area contributed by atoms with Crippen LogP contribution in [0.4, 0.5) is 5.69 Å². The first-order chi connectivity index (χ1) is 13.1. The fraction of sp³-hybridized carbons (Fsp3) is 0.333. The average Bonchev–Trinajstić information content (AvgIpc) is 2.70. The monoisotopic (exact) mass is 371 g/mol. The topological polar surface area (TPSA) is 73.9 Å².